The summed E-state index contributed by atoms with van der Waals surface area (Å²) in [7, 11) is 0. The van der Waals surface area contributed by atoms with Crippen LogP contribution in [0.2, 0.25) is 0 Å². The highest BCUT2D eigenvalue weighted by Gasteiger charge is 2.06. The van der Waals surface area contributed by atoms with Gasteiger partial charge in [-0.25, -0.2) is 0 Å². The minimum Gasteiger partial charge on any atom is -0.350 e. The second-order valence-corrected chi connectivity index (χ2v) is 5.21. The zero-order chi connectivity index (χ0) is 13.7. The van der Waals surface area contributed by atoms with E-state index in [1.807, 2.05) is 0 Å². The van der Waals surface area contributed by atoms with Gasteiger partial charge in [0, 0.05) is 31.0 Å². The molecule has 0 aliphatic carbocycles. The molecular weight excluding hydrogens is 232 g/mol. The molecule has 0 saturated heterocycles. The molecule has 0 saturated carbocycles. The Kier molecular flexibility index (Phi) is 4.80. The third-order valence-electron chi connectivity index (χ3n) is 3.55. The molecule has 0 aliphatic rings. The fourth-order valence-electron chi connectivity index (χ4n) is 2.30. The van der Waals surface area contributed by atoms with E-state index in [4.69, 9.17) is 0 Å². The predicted octanol–water partition coefficient (Wildman–Crippen LogP) is 4.06. The van der Waals surface area contributed by atoms with Gasteiger partial charge in [-0.1, -0.05) is 36.8 Å². The summed E-state index contributed by atoms with van der Waals surface area (Å²) in [6.07, 6.45) is 3.34. The van der Waals surface area contributed by atoms with Gasteiger partial charge < -0.3 is 9.88 Å². The highest BCUT2D eigenvalue weighted by molar-refractivity contribution is 5.23. The first-order chi connectivity index (χ1) is 9.20. The largest absolute Gasteiger partial charge is 0.350 e. The van der Waals surface area contributed by atoms with Crippen molar-refractivity contribution >= 4 is 0 Å². The predicted molar refractivity (Wildman–Crippen MR) is 81.2 cm³/mol. The number of rotatable bonds is 6. The molecule has 1 aromatic heterocycles. The quantitative estimate of drug-likeness (QED) is 0.825. The lowest BCUT2D eigenvalue weighted by molar-refractivity contribution is 0.541. The number of nitrogens with zero attached hydrogens (tertiary/aromatic N) is 1. The second kappa shape index (κ2) is 6.58. The third-order valence-corrected chi connectivity index (χ3v) is 3.55. The molecule has 0 spiro atoms. The first kappa shape index (κ1) is 13.9. The lowest BCUT2D eigenvalue weighted by Gasteiger charge is -2.16. The van der Waals surface area contributed by atoms with Crippen molar-refractivity contribution in [2.45, 2.75) is 46.3 Å². The topological polar surface area (TPSA) is 17.0 Å². The van der Waals surface area contributed by atoms with Crippen LogP contribution in [-0.2, 0) is 13.1 Å². The maximum Gasteiger partial charge on any atom is 0.0364 e. The van der Waals surface area contributed by atoms with E-state index >= 15 is 0 Å². The average Bonchev–Trinajstić information content (AvgIpc) is 2.85. The van der Waals surface area contributed by atoms with Gasteiger partial charge in [-0.2, -0.15) is 0 Å². The summed E-state index contributed by atoms with van der Waals surface area (Å²) in [5.41, 5.74) is 4.02. The first-order valence-corrected chi connectivity index (χ1v) is 7.14. The summed E-state index contributed by atoms with van der Waals surface area (Å²) in [6, 6.07) is 13.5. The van der Waals surface area contributed by atoms with Gasteiger partial charge in [-0.3, -0.25) is 0 Å². The van der Waals surface area contributed by atoms with E-state index < -0.39 is 0 Å². The zero-order valence-electron chi connectivity index (χ0n) is 12.2. The molecule has 1 aromatic carbocycles. The maximum atomic E-state index is 3.60. The normalized spacial score (nSPS) is 12.6. The Hall–Kier alpha value is -1.54. The number of hydrogen-bond donors (Lipinski definition) is 1. The van der Waals surface area contributed by atoms with Crippen LogP contribution in [0.4, 0.5) is 0 Å². The molecule has 0 aliphatic heterocycles. The van der Waals surface area contributed by atoms with E-state index in [2.05, 4.69) is 73.3 Å². The van der Waals surface area contributed by atoms with Crippen LogP contribution >= 0.6 is 0 Å². The Morgan fingerprint density at radius 2 is 1.89 bits per heavy atom. The van der Waals surface area contributed by atoms with Crippen LogP contribution in [-0.4, -0.2) is 4.57 Å². The fraction of sp³-hybridized carbons (Fsp3) is 0.412. The minimum atomic E-state index is 0.380. The third kappa shape index (κ3) is 3.71. The lowest BCUT2D eigenvalue weighted by Crippen LogP contribution is -2.20. The zero-order valence-corrected chi connectivity index (χ0v) is 12.2. The fourth-order valence-corrected chi connectivity index (χ4v) is 2.30. The van der Waals surface area contributed by atoms with Crippen LogP contribution < -0.4 is 5.32 Å². The molecule has 0 bridgehead atoms. The van der Waals surface area contributed by atoms with Crippen LogP contribution in [0.1, 0.15) is 43.1 Å². The van der Waals surface area contributed by atoms with Crippen LogP contribution in [0.25, 0.3) is 0 Å². The van der Waals surface area contributed by atoms with E-state index in [0.717, 1.165) is 13.1 Å². The molecule has 0 radical (unpaired) electrons. The molecule has 0 unspecified atom stereocenters. The standard InChI is InChI=1S/C17H24N2/c1-4-11-19-12-5-6-17(19)13-18-15(3)16-9-7-14(2)8-10-16/h5-10,12,15,18H,4,11,13H2,1-3H3/t15-/m0/s1. The Bertz CT molecular complexity index is 496. The monoisotopic (exact) mass is 256 g/mol. The van der Waals surface area contributed by atoms with E-state index in [-0.39, 0.29) is 0 Å². The van der Waals surface area contributed by atoms with Crippen LogP contribution in [0.3, 0.4) is 0 Å². The number of hydrogen-bond acceptors (Lipinski definition) is 1. The van der Waals surface area contributed by atoms with Gasteiger partial charge in [0.2, 0.25) is 0 Å². The van der Waals surface area contributed by atoms with E-state index in [0.29, 0.717) is 6.04 Å². The van der Waals surface area contributed by atoms with Crippen molar-refractivity contribution in [1.82, 2.24) is 9.88 Å². The summed E-state index contributed by atoms with van der Waals surface area (Å²) < 4.78 is 2.33. The number of aromatic nitrogens is 1. The molecule has 1 heterocycles. The molecule has 2 rings (SSSR count). The van der Waals surface area contributed by atoms with E-state index in [1.165, 1.54) is 23.2 Å². The Balaban J connectivity index is 1.94. The van der Waals surface area contributed by atoms with Gasteiger partial charge in [0.1, 0.15) is 0 Å². The van der Waals surface area contributed by atoms with Gasteiger partial charge in [-0.05, 0) is 38.0 Å². The van der Waals surface area contributed by atoms with Crippen molar-refractivity contribution in [2.24, 2.45) is 0 Å². The van der Waals surface area contributed by atoms with Crippen molar-refractivity contribution in [3.05, 3.63) is 59.4 Å². The highest BCUT2D eigenvalue weighted by atomic mass is 15.0. The van der Waals surface area contributed by atoms with Crippen molar-refractivity contribution in [3.8, 4) is 0 Å². The van der Waals surface area contributed by atoms with Gasteiger partial charge in [-0.15, -0.1) is 0 Å². The molecule has 1 atom stereocenters. The Morgan fingerprint density at radius 1 is 1.16 bits per heavy atom. The molecule has 2 aromatic rings. The summed E-state index contributed by atoms with van der Waals surface area (Å²) >= 11 is 0. The van der Waals surface area contributed by atoms with Crippen molar-refractivity contribution in [2.75, 3.05) is 0 Å². The number of benzene rings is 1. The SMILES string of the molecule is CCCn1cccc1CN[C@@H](C)c1ccc(C)cc1. The molecular formula is C17H24N2. The summed E-state index contributed by atoms with van der Waals surface area (Å²) in [6.45, 7) is 8.58. The van der Waals surface area contributed by atoms with Gasteiger partial charge in [0.05, 0.1) is 0 Å². The molecule has 1 N–H and O–H groups in total. The minimum absolute atomic E-state index is 0.380. The molecule has 2 heteroatoms. The molecule has 19 heavy (non-hydrogen) atoms. The van der Waals surface area contributed by atoms with Gasteiger partial charge >= 0.3 is 0 Å². The molecule has 0 fully saturated rings. The lowest BCUT2D eigenvalue weighted by atomic mass is 10.1. The summed E-state index contributed by atoms with van der Waals surface area (Å²) in [4.78, 5) is 0. The van der Waals surface area contributed by atoms with Crippen LogP contribution in [0.5, 0.6) is 0 Å². The molecule has 102 valence electrons. The van der Waals surface area contributed by atoms with Crippen molar-refractivity contribution in [1.29, 1.82) is 0 Å². The second-order valence-electron chi connectivity index (χ2n) is 5.21. The van der Waals surface area contributed by atoms with E-state index in [1.54, 1.807) is 0 Å². The van der Waals surface area contributed by atoms with Gasteiger partial charge in [0.15, 0.2) is 0 Å². The first-order valence-electron chi connectivity index (χ1n) is 7.14. The number of nitrogens with one attached hydrogen (secondary N) is 1. The van der Waals surface area contributed by atoms with Gasteiger partial charge in [0.25, 0.3) is 0 Å². The highest BCUT2D eigenvalue weighted by Crippen LogP contribution is 2.14. The smallest absolute Gasteiger partial charge is 0.0364 e. The molecule has 2 nitrogen and oxygen atoms in total. The summed E-state index contributed by atoms with van der Waals surface area (Å²) in [5, 5.41) is 3.60. The Morgan fingerprint density at radius 3 is 2.58 bits per heavy atom. The number of aryl methyl sites for hydroxylation is 2. The van der Waals surface area contributed by atoms with E-state index in [9.17, 15) is 0 Å². The average molecular weight is 256 g/mol. The maximum absolute atomic E-state index is 3.60. The van der Waals surface area contributed by atoms with Crippen molar-refractivity contribution < 1.29 is 0 Å². The van der Waals surface area contributed by atoms with Crippen molar-refractivity contribution in [3.63, 3.8) is 0 Å². The molecule has 0 amide bonds. The Labute approximate surface area is 116 Å². The summed E-state index contributed by atoms with van der Waals surface area (Å²) in [5.74, 6) is 0. The van der Waals surface area contributed by atoms with Crippen LogP contribution in [0.15, 0.2) is 42.6 Å². The van der Waals surface area contributed by atoms with Crippen LogP contribution in [0, 0.1) is 6.92 Å².